The zero-order chi connectivity index (χ0) is 14.6. The van der Waals surface area contributed by atoms with E-state index >= 15 is 0 Å². The van der Waals surface area contributed by atoms with Crippen molar-refractivity contribution in [3.8, 4) is 0 Å². The number of nitrogens with zero attached hydrogens (tertiary/aromatic N) is 2. The van der Waals surface area contributed by atoms with Gasteiger partial charge in [-0.25, -0.2) is 0 Å². The average Bonchev–Trinajstić information content (AvgIpc) is 2.73. The number of aliphatic hydroxyl groups is 1. The lowest BCUT2D eigenvalue weighted by Crippen LogP contribution is -2.46. The molecule has 0 saturated carbocycles. The van der Waals surface area contributed by atoms with E-state index in [4.69, 9.17) is 5.11 Å². The number of carbonyl (C=O) groups is 1. The quantitative estimate of drug-likeness (QED) is 0.601. The number of aromatic nitrogens is 1. The third kappa shape index (κ3) is 3.78. The predicted octanol–water partition coefficient (Wildman–Crippen LogP) is 1.31. The van der Waals surface area contributed by atoms with Crippen LogP contribution < -0.4 is 5.32 Å². The van der Waals surface area contributed by atoms with Crippen LogP contribution in [0.1, 0.15) is 37.7 Å². The van der Waals surface area contributed by atoms with E-state index < -0.39 is 16.4 Å². The molecular formula is C12H19N3O4. The maximum atomic E-state index is 12.1. The van der Waals surface area contributed by atoms with Crippen molar-refractivity contribution in [2.45, 2.75) is 39.3 Å². The first-order valence-corrected chi connectivity index (χ1v) is 6.08. The second kappa shape index (κ2) is 5.83. The number of amides is 1. The van der Waals surface area contributed by atoms with Crippen molar-refractivity contribution in [1.82, 2.24) is 9.88 Å². The van der Waals surface area contributed by atoms with Crippen molar-refractivity contribution >= 4 is 11.6 Å². The van der Waals surface area contributed by atoms with Gasteiger partial charge in [-0.15, -0.1) is 0 Å². The highest BCUT2D eigenvalue weighted by atomic mass is 16.6. The summed E-state index contributed by atoms with van der Waals surface area (Å²) in [4.78, 5) is 22.3. The van der Waals surface area contributed by atoms with Crippen molar-refractivity contribution in [2.75, 3.05) is 6.61 Å². The molecule has 0 spiro atoms. The Labute approximate surface area is 111 Å². The van der Waals surface area contributed by atoms with Crippen LogP contribution in [-0.2, 0) is 6.54 Å². The molecule has 0 aliphatic rings. The molecule has 1 aromatic rings. The lowest BCUT2D eigenvalue weighted by Gasteiger charge is -2.23. The molecule has 0 aromatic carbocycles. The highest BCUT2D eigenvalue weighted by Crippen LogP contribution is 2.17. The zero-order valence-corrected chi connectivity index (χ0v) is 11.3. The van der Waals surface area contributed by atoms with Crippen LogP contribution in [0.25, 0.3) is 0 Å². The van der Waals surface area contributed by atoms with Crippen LogP contribution in [0, 0.1) is 10.1 Å². The Morgan fingerprint density at radius 1 is 1.58 bits per heavy atom. The van der Waals surface area contributed by atoms with Crippen molar-refractivity contribution in [3.05, 3.63) is 28.1 Å². The fourth-order valence-corrected chi connectivity index (χ4v) is 1.62. The van der Waals surface area contributed by atoms with Crippen LogP contribution in [0.15, 0.2) is 12.3 Å². The topological polar surface area (TPSA) is 97.4 Å². The molecule has 0 fully saturated rings. The highest BCUT2D eigenvalue weighted by molar-refractivity contribution is 5.94. The first-order valence-electron chi connectivity index (χ1n) is 6.08. The summed E-state index contributed by atoms with van der Waals surface area (Å²) in [6.07, 6.45) is 2.11. The molecule has 0 unspecified atom stereocenters. The molecule has 0 aliphatic carbocycles. The van der Waals surface area contributed by atoms with Gasteiger partial charge in [0.1, 0.15) is 5.69 Å². The fraction of sp³-hybridized carbons (Fsp3) is 0.583. The standard InChI is InChI=1S/C12H19N3O4/c1-4-5-14-7-9(15(18)19)6-10(14)11(17)13-12(2,3)8-16/h6-7,16H,4-5,8H2,1-3H3,(H,13,17). The molecule has 1 amide bonds. The van der Waals surface area contributed by atoms with Crippen LogP contribution in [0.4, 0.5) is 5.69 Å². The van der Waals surface area contributed by atoms with Crippen LogP contribution >= 0.6 is 0 Å². The second-order valence-electron chi connectivity index (χ2n) is 5.03. The molecule has 0 radical (unpaired) electrons. The number of aliphatic hydroxyl groups excluding tert-OH is 1. The number of nitro groups is 1. The summed E-state index contributed by atoms with van der Waals surface area (Å²) in [5.74, 6) is -0.430. The Bertz CT molecular complexity index is 479. The van der Waals surface area contributed by atoms with Crippen LogP contribution in [-0.4, -0.2) is 32.6 Å². The van der Waals surface area contributed by atoms with Gasteiger partial charge in [-0.3, -0.25) is 14.9 Å². The third-order valence-corrected chi connectivity index (χ3v) is 2.64. The van der Waals surface area contributed by atoms with Gasteiger partial charge in [0.25, 0.3) is 11.6 Å². The Hall–Kier alpha value is -1.89. The summed E-state index contributed by atoms with van der Waals surface area (Å²) >= 11 is 0. The molecule has 0 bridgehead atoms. The van der Waals surface area contributed by atoms with Crippen molar-refractivity contribution in [1.29, 1.82) is 0 Å². The molecule has 1 rings (SSSR count). The molecule has 0 saturated heterocycles. The summed E-state index contributed by atoms with van der Waals surface area (Å²) in [6, 6.07) is 1.25. The minimum absolute atomic E-state index is 0.111. The number of hydrogen-bond acceptors (Lipinski definition) is 4. The molecule has 2 N–H and O–H groups in total. The molecule has 0 aliphatic heterocycles. The Balaban J connectivity index is 3.03. The van der Waals surface area contributed by atoms with Crippen molar-refractivity contribution in [2.24, 2.45) is 0 Å². The molecule has 19 heavy (non-hydrogen) atoms. The van der Waals surface area contributed by atoms with Gasteiger partial charge >= 0.3 is 0 Å². The lowest BCUT2D eigenvalue weighted by atomic mass is 10.1. The maximum absolute atomic E-state index is 12.1. The number of aryl methyl sites for hydroxylation is 1. The number of hydrogen-bond donors (Lipinski definition) is 2. The molecule has 7 nitrogen and oxygen atoms in total. The molecule has 1 heterocycles. The average molecular weight is 269 g/mol. The SMILES string of the molecule is CCCn1cc([N+](=O)[O-])cc1C(=O)NC(C)(C)CO. The minimum atomic E-state index is -0.771. The minimum Gasteiger partial charge on any atom is -0.394 e. The van der Waals surface area contributed by atoms with Gasteiger partial charge in [0.05, 0.1) is 23.3 Å². The summed E-state index contributed by atoms with van der Waals surface area (Å²) in [5, 5.41) is 22.5. The largest absolute Gasteiger partial charge is 0.394 e. The first-order chi connectivity index (χ1) is 8.80. The lowest BCUT2D eigenvalue weighted by molar-refractivity contribution is -0.384. The molecule has 106 valence electrons. The van der Waals surface area contributed by atoms with Gasteiger partial charge in [0.2, 0.25) is 0 Å². The van der Waals surface area contributed by atoms with Gasteiger partial charge in [0.15, 0.2) is 0 Å². The zero-order valence-electron chi connectivity index (χ0n) is 11.3. The Morgan fingerprint density at radius 2 is 2.21 bits per heavy atom. The number of rotatable bonds is 6. The van der Waals surface area contributed by atoms with Gasteiger partial charge < -0.3 is 15.0 Å². The summed E-state index contributed by atoms with van der Waals surface area (Å²) in [7, 11) is 0. The smallest absolute Gasteiger partial charge is 0.287 e. The van der Waals surface area contributed by atoms with Crippen LogP contribution in [0.2, 0.25) is 0 Å². The Kier molecular flexibility index (Phi) is 4.66. The van der Waals surface area contributed by atoms with Gasteiger partial charge in [-0.05, 0) is 20.3 Å². The first kappa shape index (κ1) is 15.2. The number of carbonyl (C=O) groups excluding carboxylic acids is 1. The molecule has 7 heteroatoms. The van der Waals surface area contributed by atoms with E-state index in [-0.39, 0.29) is 18.0 Å². The van der Waals surface area contributed by atoms with Crippen LogP contribution in [0.5, 0.6) is 0 Å². The molecular weight excluding hydrogens is 250 g/mol. The van der Waals surface area contributed by atoms with Crippen LogP contribution in [0.3, 0.4) is 0 Å². The summed E-state index contributed by atoms with van der Waals surface area (Å²) in [6.45, 7) is 5.58. The van der Waals surface area contributed by atoms with Crippen molar-refractivity contribution in [3.63, 3.8) is 0 Å². The van der Waals surface area contributed by atoms with E-state index in [0.29, 0.717) is 6.54 Å². The fourth-order valence-electron chi connectivity index (χ4n) is 1.62. The van der Waals surface area contributed by atoms with Gasteiger partial charge in [0, 0.05) is 12.6 Å². The third-order valence-electron chi connectivity index (χ3n) is 2.64. The highest BCUT2D eigenvalue weighted by Gasteiger charge is 2.24. The van der Waals surface area contributed by atoms with Gasteiger partial charge in [-0.1, -0.05) is 6.92 Å². The maximum Gasteiger partial charge on any atom is 0.287 e. The van der Waals surface area contributed by atoms with E-state index in [9.17, 15) is 14.9 Å². The van der Waals surface area contributed by atoms with Crippen molar-refractivity contribution < 1.29 is 14.8 Å². The van der Waals surface area contributed by atoms with E-state index in [1.165, 1.54) is 12.3 Å². The molecule has 0 atom stereocenters. The summed E-state index contributed by atoms with van der Waals surface area (Å²) in [5.41, 5.74) is -0.650. The van der Waals surface area contributed by atoms with E-state index in [1.54, 1.807) is 18.4 Å². The normalized spacial score (nSPS) is 11.4. The second-order valence-corrected chi connectivity index (χ2v) is 5.03. The monoisotopic (exact) mass is 269 g/mol. The Morgan fingerprint density at radius 3 is 2.68 bits per heavy atom. The number of nitrogens with one attached hydrogen (secondary N) is 1. The predicted molar refractivity (Wildman–Crippen MR) is 70.0 cm³/mol. The van der Waals surface area contributed by atoms with E-state index in [0.717, 1.165) is 6.42 Å². The van der Waals surface area contributed by atoms with E-state index in [2.05, 4.69) is 5.32 Å². The molecule has 1 aromatic heterocycles. The van der Waals surface area contributed by atoms with E-state index in [1.807, 2.05) is 6.92 Å². The van der Waals surface area contributed by atoms with Gasteiger partial charge in [-0.2, -0.15) is 0 Å². The summed E-state index contributed by atoms with van der Waals surface area (Å²) < 4.78 is 1.56.